The van der Waals surface area contributed by atoms with Crippen LogP contribution in [0, 0.1) is 24.6 Å². The van der Waals surface area contributed by atoms with Crippen LogP contribution in [-0.2, 0) is 4.79 Å². The number of aryl methyl sites for hydroxylation is 1. The van der Waals surface area contributed by atoms with E-state index < -0.39 is 23.9 Å². The highest BCUT2D eigenvalue weighted by Gasteiger charge is 2.28. The van der Waals surface area contributed by atoms with Crippen molar-refractivity contribution in [2.75, 3.05) is 16.0 Å². The number of aromatic nitrogens is 1. The van der Waals surface area contributed by atoms with Crippen LogP contribution in [0.15, 0.2) is 42.6 Å². The topological polar surface area (TPSA) is 118 Å². The van der Waals surface area contributed by atoms with Gasteiger partial charge in [-0.15, -0.1) is 11.3 Å². The maximum Gasteiger partial charge on any atom is 0.323 e. The van der Waals surface area contributed by atoms with Crippen molar-refractivity contribution >= 4 is 51.9 Å². The van der Waals surface area contributed by atoms with Crippen molar-refractivity contribution in [2.45, 2.75) is 65.0 Å². The molecule has 1 aromatic heterocycles. The van der Waals surface area contributed by atoms with Gasteiger partial charge in [0.25, 0.3) is 5.91 Å². The number of amides is 3. The molecule has 1 fully saturated rings. The van der Waals surface area contributed by atoms with Crippen LogP contribution in [0.2, 0.25) is 5.02 Å². The van der Waals surface area contributed by atoms with Gasteiger partial charge in [0.1, 0.15) is 16.6 Å². The number of hydrogen-bond acceptors (Lipinski definition) is 6. The zero-order chi connectivity index (χ0) is 28.8. The molecule has 0 saturated heterocycles. The van der Waals surface area contributed by atoms with Gasteiger partial charge in [0.2, 0.25) is 6.10 Å². The van der Waals surface area contributed by atoms with Gasteiger partial charge in [0.15, 0.2) is 0 Å². The fourth-order valence-corrected chi connectivity index (χ4v) is 6.02. The van der Waals surface area contributed by atoms with Crippen molar-refractivity contribution in [3.8, 4) is 5.75 Å². The molecule has 214 valence electrons. The highest BCUT2D eigenvalue weighted by atomic mass is 35.5. The maximum absolute atomic E-state index is 14.3. The van der Waals surface area contributed by atoms with E-state index in [9.17, 15) is 14.0 Å². The maximum atomic E-state index is 14.3. The third-order valence-corrected chi connectivity index (χ3v) is 8.18. The Morgan fingerprint density at radius 1 is 1.07 bits per heavy atom. The van der Waals surface area contributed by atoms with Crippen LogP contribution in [0.3, 0.4) is 0 Å². The Labute approximate surface area is 242 Å². The van der Waals surface area contributed by atoms with E-state index in [1.54, 1.807) is 24.4 Å². The summed E-state index contributed by atoms with van der Waals surface area (Å²) in [6.45, 7) is 6.24. The van der Waals surface area contributed by atoms with Gasteiger partial charge in [0, 0.05) is 28.2 Å². The minimum absolute atomic E-state index is 0.0148. The number of urea groups is 1. The zero-order valence-corrected chi connectivity index (χ0v) is 24.4. The van der Waals surface area contributed by atoms with Gasteiger partial charge in [0.05, 0.1) is 17.1 Å². The Balaban J connectivity index is 1.62. The van der Waals surface area contributed by atoms with Crippen LogP contribution in [0.4, 0.5) is 26.2 Å². The average molecular weight is 588 g/mol. The van der Waals surface area contributed by atoms with E-state index in [0.717, 1.165) is 23.8 Å². The van der Waals surface area contributed by atoms with E-state index in [1.165, 1.54) is 42.7 Å². The van der Waals surface area contributed by atoms with Crippen molar-refractivity contribution < 1.29 is 18.7 Å². The smallest absolute Gasteiger partial charge is 0.323 e. The minimum Gasteiger partial charge on any atom is -0.473 e. The summed E-state index contributed by atoms with van der Waals surface area (Å²) in [4.78, 5) is 30.4. The molecule has 1 heterocycles. The number of rotatable bonds is 10. The van der Waals surface area contributed by atoms with E-state index in [2.05, 4.69) is 34.8 Å². The number of halogens is 2. The van der Waals surface area contributed by atoms with Crippen molar-refractivity contribution in [1.82, 2.24) is 4.98 Å². The van der Waals surface area contributed by atoms with Crippen LogP contribution in [0.25, 0.3) is 0 Å². The van der Waals surface area contributed by atoms with Gasteiger partial charge in [-0.2, -0.15) is 0 Å². The molecule has 11 heteroatoms. The lowest BCUT2D eigenvalue weighted by Crippen LogP contribution is -2.35. The van der Waals surface area contributed by atoms with Gasteiger partial charge < -0.3 is 26.4 Å². The number of hydrogen-bond donors (Lipinski definition) is 4. The number of thiazole rings is 1. The Kier molecular flexibility index (Phi) is 9.86. The number of ether oxygens (including phenoxy) is 1. The molecule has 3 aromatic rings. The third-order valence-electron chi connectivity index (χ3n) is 6.99. The largest absolute Gasteiger partial charge is 0.473 e. The Bertz CT molecular complexity index is 1340. The lowest BCUT2D eigenvalue weighted by molar-refractivity contribution is -0.125. The minimum atomic E-state index is -1.09. The molecule has 3 amide bonds. The summed E-state index contributed by atoms with van der Waals surface area (Å²) in [6.07, 6.45) is 6.50. The number of benzene rings is 2. The summed E-state index contributed by atoms with van der Waals surface area (Å²) >= 11 is 7.16. The molecular weight excluding hydrogens is 553 g/mol. The highest BCUT2D eigenvalue weighted by Crippen LogP contribution is 2.36. The molecule has 0 radical (unpaired) electrons. The predicted octanol–water partition coefficient (Wildman–Crippen LogP) is 7.51. The fraction of sp³-hybridized carbons (Fsp3) is 0.414. The molecule has 40 heavy (non-hydrogen) atoms. The van der Waals surface area contributed by atoms with Gasteiger partial charge in [-0.3, -0.25) is 4.79 Å². The summed E-state index contributed by atoms with van der Waals surface area (Å²) in [6, 6.07) is 8.68. The molecule has 2 atom stereocenters. The monoisotopic (exact) mass is 587 g/mol. The second-order valence-corrected chi connectivity index (χ2v) is 12.1. The second-order valence-electron chi connectivity index (χ2n) is 10.4. The van der Waals surface area contributed by atoms with Crippen molar-refractivity contribution in [3.05, 3.63) is 63.3 Å². The number of primary amides is 1. The molecule has 1 aliphatic rings. The number of nitrogens with two attached hydrogens (primary N) is 1. The highest BCUT2D eigenvalue weighted by molar-refractivity contribution is 7.11. The first-order valence-corrected chi connectivity index (χ1v) is 14.6. The number of carbonyl (C=O) groups excluding carboxylic acids is 2. The normalized spacial score (nSPS) is 15.3. The Hall–Kier alpha value is -3.37. The van der Waals surface area contributed by atoms with Crippen LogP contribution in [-0.4, -0.2) is 23.0 Å². The Morgan fingerprint density at radius 2 is 1.77 bits per heavy atom. The quantitative estimate of drug-likeness (QED) is 0.196. The van der Waals surface area contributed by atoms with Crippen molar-refractivity contribution in [3.63, 3.8) is 0 Å². The summed E-state index contributed by atoms with van der Waals surface area (Å²) < 4.78 is 20.3. The molecule has 0 spiro atoms. The third kappa shape index (κ3) is 7.63. The van der Waals surface area contributed by atoms with Gasteiger partial charge in [-0.25, -0.2) is 14.2 Å². The van der Waals surface area contributed by atoms with Crippen LogP contribution in [0.1, 0.15) is 61.9 Å². The van der Waals surface area contributed by atoms with E-state index in [4.69, 9.17) is 22.1 Å². The molecule has 8 nitrogen and oxygen atoms in total. The lowest BCUT2D eigenvalue weighted by atomic mass is 9.79. The molecule has 1 saturated carbocycles. The molecule has 1 aliphatic carbocycles. The van der Waals surface area contributed by atoms with Gasteiger partial charge >= 0.3 is 6.03 Å². The zero-order valence-electron chi connectivity index (χ0n) is 22.8. The van der Waals surface area contributed by atoms with Crippen LogP contribution in [0.5, 0.6) is 5.75 Å². The van der Waals surface area contributed by atoms with Crippen LogP contribution < -0.4 is 26.4 Å². The van der Waals surface area contributed by atoms with Crippen LogP contribution >= 0.6 is 22.9 Å². The molecule has 4 rings (SSSR count). The van der Waals surface area contributed by atoms with E-state index in [-0.39, 0.29) is 16.8 Å². The Morgan fingerprint density at radius 3 is 2.40 bits per heavy atom. The molecule has 0 bridgehead atoms. The molecule has 2 aromatic carbocycles. The molecule has 2 unspecified atom stereocenters. The lowest BCUT2D eigenvalue weighted by Gasteiger charge is -2.35. The second kappa shape index (κ2) is 13.3. The molecule has 0 aliphatic heterocycles. The van der Waals surface area contributed by atoms with E-state index in [1.807, 2.05) is 6.92 Å². The van der Waals surface area contributed by atoms with Crippen molar-refractivity contribution in [2.24, 2.45) is 17.6 Å². The first-order valence-electron chi connectivity index (χ1n) is 13.4. The fourth-order valence-electron chi connectivity index (χ4n) is 5.05. The standard InChI is InChI=1S/C29H35ClFN5O3S/c1-16(2)25(18-7-5-4-6-8-18)34-23-12-10-20(39-26(27(32)37)28-33-15-17(3)40-28)14-24(23)36-29(38)35-22-11-9-19(30)13-21(22)31/h9-16,18,25-26,34H,4-8H2,1-3H3,(H2,32,37)(H2,35,36,38). The molecular formula is C29H35ClFN5O3S. The number of anilines is 3. The average Bonchev–Trinajstić information content (AvgIpc) is 3.34. The predicted molar refractivity (Wildman–Crippen MR) is 159 cm³/mol. The van der Waals surface area contributed by atoms with Gasteiger partial charge in [-0.1, -0.05) is 44.7 Å². The van der Waals surface area contributed by atoms with E-state index >= 15 is 0 Å². The summed E-state index contributed by atoms with van der Waals surface area (Å²) in [7, 11) is 0. The summed E-state index contributed by atoms with van der Waals surface area (Å²) in [5.74, 6) is -0.176. The number of carbonyl (C=O) groups is 2. The first kappa shape index (κ1) is 29.6. The summed E-state index contributed by atoms with van der Waals surface area (Å²) in [5, 5.41) is 9.65. The summed E-state index contributed by atoms with van der Waals surface area (Å²) in [5.41, 5.74) is 6.71. The van der Waals surface area contributed by atoms with Crippen molar-refractivity contribution in [1.29, 1.82) is 0 Å². The number of nitrogens with one attached hydrogen (secondary N) is 3. The first-order chi connectivity index (χ1) is 19.1. The SMILES string of the molecule is Cc1cnc(C(Oc2ccc(NC(C(C)C)C3CCCCC3)c(NC(=O)Nc3ccc(Cl)cc3F)c2)C(N)=O)s1. The van der Waals surface area contributed by atoms with E-state index in [0.29, 0.717) is 34.0 Å². The van der Waals surface area contributed by atoms with Gasteiger partial charge in [-0.05, 0) is 61.9 Å². The molecule has 5 N–H and O–H groups in total. The number of nitrogens with zero attached hydrogens (tertiary/aromatic N) is 1.